The molecule has 9 heteroatoms. The topological polar surface area (TPSA) is 43.6 Å². The van der Waals surface area contributed by atoms with E-state index < -0.39 is 38.1 Å². The maximum Gasteiger partial charge on any atom is 0 e. The van der Waals surface area contributed by atoms with Crippen molar-refractivity contribution in [2.45, 2.75) is 76.9 Å². The summed E-state index contributed by atoms with van der Waals surface area (Å²) in [6, 6.07) is 35.0. The van der Waals surface area contributed by atoms with Crippen LogP contribution in [0.3, 0.4) is 0 Å². The van der Waals surface area contributed by atoms with Crippen molar-refractivity contribution in [2.75, 3.05) is 0 Å². The Balaban J connectivity index is 0.000000192. The predicted molar refractivity (Wildman–Crippen MR) is 257 cm³/mol. The Morgan fingerprint density at radius 1 is 0.857 bits per heavy atom. The molecule has 0 spiro atoms. The molecule has 321 valence electrons. The zero-order valence-corrected chi connectivity index (χ0v) is 41.4. The molecule has 0 saturated heterocycles. The van der Waals surface area contributed by atoms with Crippen LogP contribution < -0.4 is 4.40 Å². The van der Waals surface area contributed by atoms with E-state index in [-0.39, 0.29) is 31.6 Å². The summed E-state index contributed by atoms with van der Waals surface area (Å²) < 4.78 is 73.5. The van der Waals surface area contributed by atoms with Crippen LogP contribution in [0.2, 0.25) is 17.3 Å². The quantitative estimate of drug-likeness (QED) is 0.118. The van der Waals surface area contributed by atoms with Gasteiger partial charge in [-0.15, -0.1) is 18.2 Å². The number of benzene rings is 5. The van der Waals surface area contributed by atoms with Gasteiger partial charge in [-0.1, -0.05) is 40.8 Å². The van der Waals surface area contributed by atoms with Crippen molar-refractivity contribution in [3.63, 3.8) is 0 Å². The van der Waals surface area contributed by atoms with Gasteiger partial charge in [-0.2, -0.15) is 11.3 Å². The molecule has 10 rings (SSSR count). The summed E-state index contributed by atoms with van der Waals surface area (Å²) in [7, 11) is 0. The summed E-state index contributed by atoms with van der Waals surface area (Å²) in [4.78, 5) is 15.1. The molecule has 4 nitrogen and oxygen atoms in total. The molecule has 0 atom stereocenters. The van der Waals surface area contributed by atoms with Crippen LogP contribution in [0.1, 0.15) is 60.4 Å². The van der Waals surface area contributed by atoms with Gasteiger partial charge in [-0.25, -0.2) is 13.8 Å². The van der Waals surface area contributed by atoms with Gasteiger partial charge in [-0.3, -0.25) is 4.98 Å². The Morgan fingerprint density at radius 2 is 1.59 bits per heavy atom. The molecule has 5 aromatic carbocycles. The first-order valence-corrected chi connectivity index (χ1v) is 29.2. The average Bonchev–Trinajstić information content (AvgIpc) is 4.04. The van der Waals surface area contributed by atoms with E-state index in [0.717, 1.165) is 107 Å². The molecule has 9 aromatic rings. The fourth-order valence-electron chi connectivity index (χ4n) is 8.95. The Hall–Kier alpha value is -4.86. The third-order valence-electron chi connectivity index (χ3n) is 11.7. The molecular formula is C54H50F2GeIrN4S-2. The predicted octanol–water partition coefficient (Wildman–Crippen LogP) is 14.3. The van der Waals surface area contributed by atoms with E-state index in [4.69, 9.17) is 11.8 Å². The average molecular weight is 1090 g/mol. The van der Waals surface area contributed by atoms with Crippen LogP contribution in [0.4, 0.5) is 8.78 Å². The number of thiophene rings is 1. The molecule has 0 N–H and O–H groups in total. The normalized spacial score (nSPS) is 14.7. The van der Waals surface area contributed by atoms with E-state index in [9.17, 15) is 8.78 Å². The van der Waals surface area contributed by atoms with E-state index in [2.05, 4.69) is 82.9 Å². The molecule has 1 aliphatic rings. The third kappa shape index (κ3) is 9.10. The van der Waals surface area contributed by atoms with Gasteiger partial charge in [0.15, 0.2) is 0 Å². The zero-order valence-electron chi connectivity index (χ0n) is 41.1. The molecule has 1 radical (unpaired) electrons. The molecule has 0 aliphatic heterocycles. The van der Waals surface area contributed by atoms with Gasteiger partial charge in [0.25, 0.3) is 0 Å². The molecule has 0 amide bonds. The number of rotatable bonds is 7. The molecule has 0 unspecified atom stereocenters. The summed E-state index contributed by atoms with van der Waals surface area (Å²) in [5.41, 5.74) is 10.8. The third-order valence-corrected chi connectivity index (χ3v) is 17.0. The number of nitrogens with zero attached hydrogens (tertiary/aromatic N) is 4. The van der Waals surface area contributed by atoms with E-state index in [1.54, 1.807) is 35.7 Å². The first kappa shape index (κ1) is 38.6. The number of aryl methyl sites for hydroxylation is 4. The van der Waals surface area contributed by atoms with E-state index >= 15 is 0 Å². The Morgan fingerprint density at radius 3 is 2.32 bits per heavy atom. The number of hydrogen-bond acceptors (Lipinski definition) is 4. The number of hydrogen-bond donors (Lipinski definition) is 0. The van der Waals surface area contributed by atoms with Gasteiger partial charge in [0.05, 0.1) is 16.9 Å². The van der Waals surface area contributed by atoms with Gasteiger partial charge in [0.2, 0.25) is 0 Å². The van der Waals surface area contributed by atoms with E-state index in [0.29, 0.717) is 16.8 Å². The minimum absolute atomic E-state index is 0. The molecule has 4 heterocycles. The molecule has 1 aliphatic carbocycles. The van der Waals surface area contributed by atoms with Gasteiger partial charge >= 0.3 is 151 Å². The van der Waals surface area contributed by atoms with Crippen LogP contribution in [-0.4, -0.2) is 32.8 Å². The number of halogens is 2. The number of para-hydroxylation sites is 2. The van der Waals surface area contributed by atoms with E-state index in [1.807, 2.05) is 48.7 Å². The summed E-state index contributed by atoms with van der Waals surface area (Å²) >= 11 is -0.813. The maximum atomic E-state index is 14.2. The monoisotopic (exact) mass is 1100 g/mol. The summed E-state index contributed by atoms with van der Waals surface area (Å²) in [6.07, 6.45) is 6.14. The minimum atomic E-state index is -2.35. The molecule has 1 saturated carbocycles. The number of pyridine rings is 2. The van der Waals surface area contributed by atoms with Crippen molar-refractivity contribution in [3.8, 4) is 39.5 Å². The largest absolute Gasteiger partial charge is 0 e. The second kappa shape index (κ2) is 18.3. The first-order valence-electron chi connectivity index (χ1n) is 23.6. The standard InChI is InChI=1S/C33H22F2N3S.C21H28GeN.Ir/c1-18-13-19(2)30(20(3)14-18)38-28-10-5-4-9-27(28)37-32(38)26-8-6-7-25-29-24(11-12-36-33(29)39-31(25)26)21-15-22(34)17-23(35)16-21;1-16-8-7-11-18(12-16)21-14-19(13-17-9-5-6-10-17)20(15-23-21)22(2,3)4;/h4-7,9-17H,1-3H3;7-8,12,14-15,17H,5-6,9-10,13H2,1-4H3;/q2*-1;/i;1D3,13D2;. The number of fused-ring (bicyclic) bond motifs is 4. The van der Waals surface area contributed by atoms with Gasteiger partial charge < -0.3 is 4.57 Å². The van der Waals surface area contributed by atoms with Crippen LogP contribution >= 0.6 is 11.3 Å². The van der Waals surface area contributed by atoms with Crippen LogP contribution in [0.25, 0.3) is 70.8 Å². The number of aromatic nitrogens is 4. The maximum absolute atomic E-state index is 14.2. The van der Waals surface area contributed by atoms with Crippen molar-refractivity contribution < 1.29 is 35.7 Å². The van der Waals surface area contributed by atoms with Crippen LogP contribution in [-0.2, 0) is 26.5 Å². The van der Waals surface area contributed by atoms with Crippen molar-refractivity contribution in [1.29, 1.82) is 0 Å². The van der Waals surface area contributed by atoms with E-state index in [1.165, 1.54) is 17.7 Å². The summed E-state index contributed by atoms with van der Waals surface area (Å²) in [6.45, 7) is 4.18. The molecular weight excluding hydrogens is 1040 g/mol. The molecule has 63 heavy (non-hydrogen) atoms. The SMILES string of the molecule is Cc1cc(C)c(-n2c(-c3[c-]ccc4c3sc3nccc(-c5cc(F)cc(F)c5)c34)nc3ccccc32)c(C)c1.[2H]C([2H])([2H])c1cc[c-]c(-c2cc(C([2H])([2H])C3CCCC3)[c]([Ge]([CH3])([CH3])[CH3])cn2)c1.[Ir]. The molecule has 0 bridgehead atoms. The minimum Gasteiger partial charge on any atom is 0 e. The van der Waals surface area contributed by atoms with Crippen LogP contribution in [0.5, 0.6) is 0 Å². The Bertz CT molecular complexity index is 3310. The summed E-state index contributed by atoms with van der Waals surface area (Å²) in [5.74, 6) is 6.37. The van der Waals surface area contributed by atoms with Gasteiger partial charge in [-0.05, 0) is 78.1 Å². The second-order valence-electron chi connectivity index (χ2n) is 17.4. The first-order chi connectivity index (χ1) is 31.8. The van der Waals surface area contributed by atoms with Crippen LogP contribution in [0, 0.1) is 57.3 Å². The molecule has 4 aromatic heterocycles. The van der Waals surface area contributed by atoms with Crippen LogP contribution in [0.15, 0.2) is 109 Å². The zero-order chi connectivity index (χ0) is 47.6. The van der Waals surface area contributed by atoms with Gasteiger partial charge in [0.1, 0.15) is 16.5 Å². The Labute approximate surface area is 396 Å². The smallest absolute Gasteiger partial charge is 0 e. The Kier molecular flexibility index (Phi) is 11.2. The van der Waals surface area contributed by atoms with Crippen molar-refractivity contribution in [1.82, 2.24) is 19.5 Å². The molecule has 1 fully saturated rings. The second-order valence-corrected chi connectivity index (χ2v) is 29.0. The number of imidazole rings is 1. The van der Waals surface area contributed by atoms with Crippen molar-refractivity contribution in [3.05, 3.63) is 161 Å². The fraction of sp³-hybridized carbons (Fsp3) is 0.241. The van der Waals surface area contributed by atoms with Crippen molar-refractivity contribution >= 4 is 60.3 Å². The van der Waals surface area contributed by atoms with Gasteiger partial charge in [0, 0.05) is 43.4 Å². The fourth-order valence-corrected chi connectivity index (χ4v) is 13.1. The van der Waals surface area contributed by atoms with Crippen molar-refractivity contribution in [2.24, 2.45) is 5.92 Å². The summed E-state index contributed by atoms with van der Waals surface area (Å²) in [5, 5.41) is 1.82.